The molecule has 2 heteroatoms. The Balaban J connectivity index is 1.43. The molecule has 0 heterocycles. The van der Waals surface area contributed by atoms with Gasteiger partial charge >= 0.3 is 5.97 Å². The van der Waals surface area contributed by atoms with Gasteiger partial charge in [-0.3, -0.25) is 0 Å². The summed E-state index contributed by atoms with van der Waals surface area (Å²) in [5.74, 6) is 5.41. The smallest absolute Gasteiger partial charge is 0.339 e. The van der Waals surface area contributed by atoms with E-state index in [-0.39, 0.29) is 5.97 Å². The average molecular weight is 373 g/mol. The third kappa shape index (κ3) is 2.24. The first kappa shape index (κ1) is 16.8. The molecule has 4 bridgehead atoms. The second kappa shape index (κ2) is 6.20. The molecule has 0 aliphatic heterocycles. The van der Waals surface area contributed by atoms with E-state index in [1.54, 1.807) is 0 Å². The molecule has 3 saturated carbocycles. The molecule has 3 fully saturated rings. The zero-order valence-corrected chi connectivity index (χ0v) is 16.5. The highest BCUT2D eigenvalue weighted by Crippen LogP contribution is 2.69. The van der Waals surface area contributed by atoms with Crippen LogP contribution in [-0.2, 0) is 4.74 Å². The minimum Gasteiger partial charge on any atom is -0.462 e. The molecule has 2 nitrogen and oxygen atoms in total. The third-order valence-electron chi connectivity index (χ3n) is 8.27. The number of rotatable bonds is 4. The highest BCUT2D eigenvalue weighted by Gasteiger charge is 2.61. The van der Waals surface area contributed by atoms with Crippen molar-refractivity contribution in [3.05, 3.63) is 59.7 Å². The van der Waals surface area contributed by atoms with Gasteiger partial charge in [0, 0.05) is 0 Å². The predicted molar refractivity (Wildman–Crippen MR) is 111 cm³/mol. The van der Waals surface area contributed by atoms with Crippen LogP contribution in [0.2, 0.25) is 0 Å². The fourth-order valence-electron chi connectivity index (χ4n) is 7.47. The molecule has 6 rings (SSSR count). The first-order valence-electron chi connectivity index (χ1n) is 11.1. The number of allylic oxidation sites excluding steroid dienone is 2. The molecule has 2 aromatic carbocycles. The molecule has 4 aliphatic carbocycles. The van der Waals surface area contributed by atoms with Crippen LogP contribution < -0.4 is 0 Å². The van der Waals surface area contributed by atoms with E-state index in [1.807, 2.05) is 12.1 Å². The molecule has 0 N–H and O–H groups in total. The number of hydrogen-bond donors (Lipinski definition) is 0. The van der Waals surface area contributed by atoms with E-state index < -0.39 is 0 Å². The maximum atomic E-state index is 13.1. The van der Waals surface area contributed by atoms with Crippen LogP contribution in [0.4, 0.5) is 0 Å². The number of hydrogen-bond acceptors (Lipinski definition) is 2. The Morgan fingerprint density at radius 1 is 1.00 bits per heavy atom. The molecular weight excluding hydrogens is 344 g/mol. The third-order valence-corrected chi connectivity index (χ3v) is 8.27. The molecule has 4 aliphatic rings. The summed E-state index contributed by atoms with van der Waals surface area (Å²) in [5.41, 5.74) is 2.11. The second-order valence-corrected chi connectivity index (χ2v) is 9.49. The first-order valence-corrected chi connectivity index (χ1v) is 11.1. The van der Waals surface area contributed by atoms with E-state index in [2.05, 4.69) is 43.3 Å². The lowest BCUT2D eigenvalue weighted by atomic mass is 9.67. The lowest BCUT2D eigenvalue weighted by molar-refractivity contribution is 0.0504. The van der Waals surface area contributed by atoms with Gasteiger partial charge in [0.1, 0.15) is 0 Å². The predicted octanol–water partition coefficient (Wildman–Crippen LogP) is 5.97. The summed E-state index contributed by atoms with van der Waals surface area (Å²) in [6, 6.07) is 12.7. The van der Waals surface area contributed by atoms with Crippen LogP contribution in [0.25, 0.3) is 10.8 Å². The second-order valence-electron chi connectivity index (χ2n) is 9.49. The van der Waals surface area contributed by atoms with Gasteiger partial charge in [-0.2, -0.15) is 0 Å². The van der Waals surface area contributed by atoms with Crippen LogP contribution in [0, 0.1) is 35.5 Å². The van der Waals surface area contributed by atoms with E-state index in [0.717, 1.165) is 58.3 Å². The minimum absolute atomic E-state index is 0.124. The molecule has 28 heavy (non-hydrogen) atoms. The maximum absolute atomic E-state index is 13.1. The maximum Gasteiger partial charge on any atom is 0.339 e. The van der Waals surface area contributed by atoms with Gasteiger partial charge in [0.2, 0.25) is 0 Å². The van der Waals surface area contributed by atoms with Gasteiger partial charge in [-0.05, 0) is 83.4 Å². The van der Waals surface area contributed by atoms with Gasteiger partial charge in [0.25, 0.3) is 0 Å². The van der Waals surface area contributed by atoms with Gasteiger partial charge in [-0.1, -0.05) is 55.5 Å². The van der Waals surface area contributed by atoms with Crippen LogP contribution in [0.3, 0.4) is 0 Å². The van der Waals surface area contributed by atoms with Crippen LogP contribution in [-0.4, -0.2) is 12.6 Å². The van der Waals surface area contributed by atoms with E-state index in [0.29, 0.717) is 12.5 Å². The fraction of sp³-hybridized carbons (Fsp3) is 0.500. The molecule has 0 aromatic heterocycles. The van der Waals surface area contributed by atoms with Crippen LogP contribution in [0.5, 0.6) is 0 Å². The van der Waals surface area contributed by atoms with Gasteiger partial charge in [-0.15, -0.1) is 0 Å². The average Bonchev–Trinajstić information content (AvgIpc) is 3.50. The van der Waals surface area contributed by atoms with Gasteiger partial charge in [0.15, 0.2) is 0 Å². The van der Waals surface area contributed by atoms with Crippen LogP contribution in [0.15, 0.2) is 48.6 Å². The topological polar surface area (TPSA) is 26.3 Å². The molecule has 0 spiro atoms. The summed E-state index contributed by atoms with van der Waals surface area (Å²) in [6.45, 7) is 2.55. The first-order chi connectivity index (χ1) is 13.8. The summed E-state index contributed by atoms with van der Waals surface area (Å²) >= 11 is 0. The van der Waals surface area contributed by atoms with Crippen molar-refractivity contribution in [3.63, 3.8) is 0 Å². The van der Waals surface area contributed by atoms with Crippen LogP contribution in [0.1, 0.15) is 54.4 Å². The summed E-state index contributed by atoms with van der Waals surface area (Å²) in [7, 11) is 0. The van der Waals surface area contributed by atoms with Crippen molar-refractivity contribution in [1.82, 2.24) is 0 Å². The Morgan fingerprint density at radius 3 is 2.68 bits per heavy atom. The Labute approximate surface area is 167 Å². The molecule has 7 atom stereocenters. The summed E-state index contributed by atoms with van der Waals surface area (Å²) in [4.78, 5) is 13.1. The summed E-state index contributed by atoms with van der Waals surface area (Å²) in [6.07, 6.45) is 9.88. The van der Waals surface area contributed by atoms with E-state index in [4.69, 9.17) is 4.74 Å². The number of ether oxygens (including phenoxy) is 1. The van der Waals surface area contributed by atoms with E-state index >= 15 is 0 Å². The van der Waals surface area contributed by atoms with Gasteiger partial charge < -0.3 is 4.74 Å². The number of benzene rings is 2. The van der Waals surface area contributed by atoms with Crippen molar-refractivity contribution in [2.24, 2.45) is 35.5 Å². The zero-order valence-electron chi connectivity index (χ0n) is 16.5. The minimum atomic E-state index is -0.124. The Kier molecular flexibility index (Phi) is 3.73. The number of esters is 1. The highest BCUT2D eigenvalue weighted by atomic mass is 16.5. The molecule has 0 saturated heterocycles. The van der Waals surface area contributed by atoms with Crippen molar-refractivity contribution < 1.29 is 9.53 Å². The lowest BCUT2D eigenvalue weighted by Crippen LogP contribution is -2.30. The highest BCUT2D eigenvalue weighted by molar-refractivity contribution is 6.06. The van der Waals surface area contributed by atoms with Crippen molar-refractivity contribution in [1.29, 1.82) is 0 Å². The number of carbonyl (C=O) groups is 1. The SMILES string of the molecule is CCCOC(=O)c1c(C2CC3CC2C2C4C=CC(C4)C32)ccc2ccccc12. The zero-order chi connectivity index (χ0) is 18.8. The Morgan fingerprint density at radius 2 is 1.82 bits per heavy atom. The molecule has 144 valence electrons. The number of carbonyl (C=O) groups excluding carboxylic acids is 1. The lowest BCUT2D eigenvalue weighted by Gasteiger charge is -2.37. The standard InChI is InChI=1S/C26H28O2/c1-2-11-28-26(27)25-19-6-4-3-5-15(19)9-10-20(25)21-13-18-14-22(21)24-17-8-7-16(12-17)23(18)24/h3-10,16-18,21-24H,2,11-14H2,1H3. The van der Waals surface area contributed by atoms with Gasteiger partial charge in [0.05, 0.1) is 12.2 Å². The normalized spacial score (nSPS) is 37.0. The monoisotopic (exact) mass is 372 g/mol. The quantitative estimate of drug-likeness (QED) is 0.375. The van der Waals surface area contributed by atoms with Crippen molar-refractivity contribution in [2.75, 3.05) is 6.61 Å². The largest absolute Gasteiger partial charge is 0.462 e. The molecule has 0 amide bonds. The molecule has 0 radical (unpaired) electrons. The summed E-state index contributed by atoms with van der Waals surface area (Å²) in [5, 5.41) is 2.20. The number of fused-ring (bicyclic) bond motifs is 10. The van der Waals surface area contributed by atoms with Gasteiger partial charge in [-0.25, -0.2) is 4.79 Å². The van der Waals surface area contributed by atoms with Crippen LogP contribution >= 0.6 is 0 Å². The van der Waals surface area contributed by atoms with E-state index in [9.17, 15) is 4.79 Å². The Bertz CT molecular complexity index is 974. The summed E-state index contributed by atoms with van der Waals surface area (Å²) < 4.78 is 5.65. The fourth-order valence-corrected chi connectivity index (χ4v) is 7.47. The Hall–Kier alpha value is -2.09. The molecule has 2 aromatic rings. The van der Waals surface area contributed by atoms with Crippen molar-refractivity contribution in [2.45, 2.75) is 38.5 Å². The van der Waals surface area contributed by atoms with Crippen molar-refractivity contribution in [3.8, 4) is 0 Å². The molecule has 7 unspecified atom stereocenters. The van der Waals surface area contributed by atoms with E-state index in [1.165, 1.54) is 24.8 Å². The van der Waals surface area contributed by atoms with Crippen molar-refractivity contribution >= 4 is 16.7 Å². The molecular formula is C26H28O2.